The molecule has 1 rings (SSSR count). The number of aryl methyl sites for hydroxylation is 1. The standard InChI is InChI=1S/C8H7Cl2NO2/c1-4-5(9)3-6(10)7(11-4)8(12)13-2/h3H,1-2H3. The average molecular weight is 220 g/mol. The van der Waals surface area contributed by atoms with Crippen LogP contribution in [0.1, 0.15) is 16.2 Å². The van der Waals surface area contributed by atoms with Crippen molar-refractivity contribution in [2.75, 3.05) is 7.11 Å². The molecule has 0 saturated carbocycles. The Morgan fingerprint density at radius 1 is 1.46 bits per heavy atom. The van der Waals surface area contributed by atoms with Crippen molar-refractivity contribution in [3.63, 3.8) is 0 Å². The summed E-state index contributed by atoms with van der Waals surface area (Å²) in [5.41, 5.74) is 0.637. The molecule has 0 bridgehead atoms. The molecule has 0 saturated heterocycles. The largest absolute Gasteiger partial charge is 0.464 e. The van der Waals surface area contributed by atoms with Gasteiger partial charge >= 0.3 is 5.97 Å². The molecule has 0 aromatic carbocycles. The van der Waals surface area contributed by atoms with Crippen LogP contribution < -0.4 is 0 Å². The van der Waals surface area contributed by atoms with Gasteiger partial charge in [0.1, 0.15) is 0 Å². The third-order valence-corrected chi connectivity index (χ3v) is 2.15. The van der Waals surface area contributed by atoms with E-state index in [1.54, 1.807) is 6.92 Å². The predicted octanol–water partition coefficient (Wildman–Crippen LogP) is 2.48. The van der Waals surface area contributed by atoms with Gasteiger partial charge in [0.15, 0.2) is 5.69 Å². The second-order valence-electron chi connectivity index (χ2n) is 2.38. The molecule has 0 fully saturated rings. The number of esters is 1. The molecule has 0 aliphatic rings. The third kappa shape index (κ3) is 2.11. The summed E-state index contributed by atoms with van der Waals surface area (Å²) in [6.45, 7) is 1.69. The van der Waals surface area contributed by atoms with E-state index in [9.17, 15) is 4.79 Å². The van der Waals surface area contributed by atoms with Gasteiger partial charge in [-0.15, -0.1) is 0 Å². The Labute approximate surface area is 85.6 Å². The number of hydrogen-bond acceptors (Lipinski definition) is 3. The number of methoxy groups -OCH3 is 1. The van der Waals surface area contributed by atoms with E-state index in [-0.39, 0.29) is 10.7 Å². The SMILES string of the molecule is COC(=O)c1nc(C)c(Cl)cc1Cl. The molecule has 0 N–H and O–H groups in total. The zero-order chi connectivity index (χ0) is 10.0. The summed E-state index contributed by atoms with van der Waals surface area (Å²) >= 11 is 11.5. The van der Waals surface area contributed by atoms with Crippen LogP contribution >= 0.6 is 23.2 Å². The minimum atomic E-state index is -0.565. The highest BCUT2D eigenvalue weighted by Crippen LogP contribution is 2.22. The van der Waals surface area contributed by atoms with Gasteiger partial charge < -0.3 is 4.74 Å². The first-order valence-corrected chi connectivity index (χ1v) is 4.22. The molecule has 0 spiro atoms. The molecule has 3 nitrogen and oxygen atoms in total. The first-order chi connectivity index (χ1) is 6.06. The van der Waals surface area contributed by atoms with Crippen LogP contribution in [0.2, 0.25) is 10.0 Å². The van der Waals surface area contributed by atoms with Gasteiger partial charge in [0.05, 0.1) is 22.8 Å². The highest BCUT2D eigenvalue weighted by Gasteiger charge is 2.14. The van der Waals surface area contributed by atoms with Crippen molar-refractivity contribution in [2.24, 2.45) is 0 Å². The van der Waals surface area contributed by atoms with E-state index >= 15 is 0 Å². The lowest BCUT2D eigenvalue weighted by Gasteiger charge is -2.03. The molecule has 5 heteroatoms. The lowest BCUT2D eigenvalue weighted by molar-refractivity contribution is 0.0594. The van der Waals surface area contributed by atoms with Gasteiger partial charge in [0.25, 0.3) is 0 Å². The van der Waals surface area contributed by atoms with Crippen LogP contribution in [0.25, 0.3) is 0 Å². The number of pyridine rings is 1. The van der Waals surface area contributed by atoms with Gasteiger partial charge in [-0.2, -0.15) is 0 Å². The number of aromatic nitrogens is 1. The second-order valence-corrected chi connectivity index (χ2v) is 3.19. The first kappa shape index (κ1) is 10.3. The van der Waals surface area contributed by atoms with Crippen molar-refractivity contribution in [3.05, 3.63) is 27.5 Å². The molecule has 0 aliphatic heterocycles. The highest BCUT2D eigenvalue weighted by molar-refractivity contribution is 6.36. The van der Waals surface area contributed by atoms with Gasteiger partial charge in [-0.3, -0.25) is 0 Å². The average Bonchev–Trinajstić information content (AvgIpc) is 2.10. The monoisotopic (exact) mass is 219 g/mol. The van der Waals surface area contributed by atoms with Gasteiger partial charge in [-0.25, -0.2) is 9.78 Å². The van der Waals surface area contributed by atoms with Crippen molar-refractivity contribution in [1.82, 2.24) is 4.98 Å². The fourth-order valence-corrected chi connectivity index (χ4v) is 1.23. The number of carbonyl (C=O) groups excluding carboxylic acids is 1. The van der Waals surface area contributed by atoms with Crippen LogP contribution in [-0.2, 0) is 4.74 Å². The number of halogens is 2. The van der Waals surface area contributed by atoms with Crippen molar-refractivity contribution in [3.8, 4) is 0 Å². The maximum Gasteiger partial charge on any atom is 0.358 e. The molecular formula is C8H7Cl2NO2. The summed E-state index contributed by atoms with van der Waals surface area (Å²) < 4.78 is 4.48. The van der Waals surface area contributed by atoms with Gasteiger partial charge in [0.2, 0.25) is 0 Å². The zero-order valence-electron chi connectivity index (χ0n) is 7.10. The van der Waals surface area contributed by atoms with E-state index in [1.165, 1.54) is 13.2 Å². The Balaban J connectivity index is 3.23. The summed E-state index contributed by atoms with van der Waals surface area (Å²) in [6.07, 6.45) is 0. The number of rotatable bonds is 1. The zero-order valence-corrected chi connectivity index (χ0v) is 8.61. The number of hydrogen-bond donors (Lipinski definition) is 0. The van der Waals surface area contributed by atoms with E-state index < -0.39 is 5.97 Å². The predicted molar refractivity (Wildman–Crippen MR) is 50.3 cm³/mol. The normalized spacial score (nSPS) is 9.85. The molecule has 0 radical (unpaired) electrons. The van der Waals surface area contributed by atoms with Crippen molar-refractivity contribution < 1.29 is 9.53 Å². The summed E-state index contributed by atoms with van der Waals surface area (Å²) in [4.78, 5) is 15.0. The van der Waals surface area contributed by atoms with E-state index in [0.29, 0.717) is 10.7 Å². The maximum atomic E-state index is 11.1. The smallest absolute Gasteiger partial charge is 0.358 e. The fourth-order valence-electron chi connectivity index (χ4n) is 0.798. The van der Waals surface area contributed by atoms with Gasteiger partial charge in [0, 0.05) is 0 Å². The summed E-state index contributed by atoms with van der Waals surface area (Å²) in [5.74, 6) is -0.565. The molecule has 0 aliphatic carbocycles. The molecule has 1 heterocycles. The highest BCUT2D eigenvalue weighted by atomic mass is 35.5. The number of nitrogens with zero attached hydrogens (tertiary/aromatic N) is 1. The Morgan fingerprint density at radius 3 is 2.62 bits per heavy atom. The van der Waals surface area contributed by atoms with Gasteiger partial charge in [-0.05, 0) is 13.0 Å². The Bertz CT molecular complexity index is 352. The second kappa shape index (κ2) is 3.94. The van der Waals surface area contributed by atoms with Crippen LogP contribution in [0.3, 0.4) is 0 Å². The third-order valence-electron chi connectivity index (χ3n) is 1.48. The molecule has 0 unspecified atom stereocenters. The topological polar surface area (TPSA) is 39.2 Å². The molecule has 1 aromatic rings. The van der Waals surface area contributed by atoms with E-state index in [4.69, 9.17) is 23.2 Å². The minimum Gasteiger partial charge on any atom is -0.464 e. The Morgan fingerprint density at radius 2 is 2.08 bits per heavy atom. The van der Waals surface area contributed by atoms with E-state index in [1.807, 2.05) is 0 Å². The lowest BCUT2D eigenvalue weighted by atomic mass is 10.3. The van der Waals surface area contributed by atoms with Crippen LogP contribution in [0, 0.1) is 6.92 Å². The molecule has 13 heavy (non-hydrogen) atoms. The van der Waals surface area contributed by atoms with E-state index in [2.05, 4.69) is 9.72 Å². The van der Waals surface area contributed by atoms with Gasteiger partial charge in [-0.1, -0.05) is 23.2 Å². The van der Waals surface area contributed by atoms with Crippen molar-refractivity contribution in [2.45, 2.75) is 6.92 Å². The summed E-state index contributed by atoms with van der Waals surface area (Å²) in [7, 11) is 1.27. The molecule has 70 valence electrons. The molecule has 0 atom stereocenters. The molecule has 1 aromatic heterocycles. The quantitative estimate of drug-likeness (QED) is 0.682. The van der Waals surface area contributed by atoms with E-state index in [0.717, 1.165) is 0 Å². The molecular weight excluding hydrogens is 213 g/mol. The number of ether oxygens (including phenoxy) is 1. The van der Waals surface area contributed by atoms with Crippen molar-refractivity contribution in [1.29, 1.82) is 0 Å². The maximum absolute atomic E-state index is 11.1. The van der Waals surface area contributed by atoms with Crippen LogP contribution in [0.4, 0.5) is 0 Å². The Kier molecular flexibility index (Phi) is 3.12. The van der Waals surface area contributed by atoms with Crippen molar-refractivity contribution >= 4 is 29.2 Å². The Hall–Kier alpha value is -0.800. The van der Waals surface area contributed by atoms with Crippen LogP contribution in [0.5, 0.6) is 0 Å². The lowest BCUT2D eigenvalue weighted by Crippen LogP contribution is -2.06. The number of carbonyl (C=O) groups is 1. The summed E-state index contributed by atoms with van der Waals surface area (Å²) in [6, 6.07) is 1.47. The molecule has 0 amide bonds. The summed E-state index contributed by atoms with van der Waals surface area (Å²) in [5, 5.41) is 0.625. The minimum absolute atomic E-state index is 0.0890. The first-order valence-electron chi connectivity index (χ1n) is 3.47. The van der Waals surface area contributed by atoms with Crippen LogP contribution in [0.15, 0.2) is 6.07 Å². The van der Waals surface area contributed by atoms with Crippen LogP contribution in [-0.4, -0.2) is 18.1 Å². The fraction of sp³-hybridized carbons (Fsp3) is 0.250.